The Bertz CT molecular complexity index is 963. The molecule has 0 spiro atoms. The number of nitrogens with zero attached hydrogens (tertiary/aromatic N) is 2. The molecule has 0 N–H and O–H groups in total. The van der Waals surface area contributed by atoms with Gasteiger partial charge in [-0.05, 0) is 29.8 Å². The van der Waals surface area contributed by atoms with Crippen LogP contribution in [0.4, 0.5) is 0 Å². The number of hydrogen-bond donors (Lipinski definition) is 0. The van der Waals surface area contributed by atoms with Gasteiger partial charge in [-0.15, -0.1) is 0 Å². The van der Waals surface area contributed by atoms with E-state index in [-0.39, 0.29) is 12.1 Å². The van der Waals surface area contributed by atoms with Crippen LogP contribution in [0.25, 0.3) is 0 Å². The zero-order chi connectivity index (χ0) is 18.1. The highest BCUT2D eigenvalue weighted by Gasteiger charge is 2.37. The third kappa shape index (κ3) is 2.58. The first-order valence-corrected chi connectivity index (χ1v) is 8.39. The average Bonchev–Trinajstić information content (AvgIpc) is 3.29. The molecule has 0 aliphatic carbocycles. The first-order valence-electron chi connectivity index (χ1n) is 8.39. The molecule has 1 aliphatic rings. The molecule has 2 aromatic carbocycles. The summed E-state index contributed by atoms with van der Waals surface area (Å²) in [7, 11) is 1.36. The number of methoxy groups -OCH3 is 1. The van der Waals surface area contributed by atoms with Crippen molar-refractivity contribution < 1.29 is 14.3 Å². The minimum absolute atomic E-state index is 0.0426. The fourth-order valence-electron chi connectivity index (χ4n) is 3.49. The van der Waals surface area contributed by atoms with Gasteiger partial charge >= 0.3 is 5.97 Å². The van der Waals surface area contributed by atoms with E-state index in [1.807, 2.05) is 65.5 Å². The second kappa shape index (κ2) is 6.52. The number of fused-ring (bicyclic) bond motifs is 1. The molecule has 130 valence electrons. The lowest BCUT2D eigenvalue weighted by Crippen LogP contribution is -2.31. The number of esters is 1. The minimum atomic E-state index is -0.401. The maximum atomic E-state index is 13.1. The smallest absolute Gasteiger partial charge is 0.338 e. The van der Waals surface area contributed by atoms with E-state index in [1.165, 1.54) is 7.11 Å². The quantitative estimate of drug-likeness (QED) is 0.680. The minimum Gasteiger partial charge on any atom is -0.465 e. The summed E-state index contributed by atoms with van der Waals surface area (Å²) in [5, 5.41) is 0. The average molecular weight is 346 g/mol. The Kier molecular flexibility index (Phi) is 4.05. The summed E-state index contributed by atoms with van der Waals surface area (Å²) in [6, 6.07) is 18.7. The summed E-state index contributed by atoms with van der Waals surface area (Å²) in [5.41, 5.74) is 2.90. The van der Waals surface area contributed by atoms with Crippen molar-refractivity contribution in [2.45, 2.75) is 12.7 Å². The van der Waals surface area contributed by atoms with Crippen molar-refractivity contribution in [1.82, 2.24) is 9.47 Å². The molecule has 1 amide bonds. The Labute approximate surface area is 151 Å². The van der Waals surface area contributed by atoms with Crippen molar-refractivity contribution in [3.05, 3.63) is 95.3 Å². The first kappa shape index (κ1) is 16.1. The summed E-state index contributed by atoms with van der Waals surface area (Å²) < 4.78 is 6.89. The van der Waals surface area contributed by atoms with E-state index in [2.05, 4.69) is 0 Å². The van der Waals surface area contributed by atoms with E-state index in [9.17, 15) is 9.59 Å². The number of amides is 1. The van der Waals surface area contributed by atoms with E-state index >= 15 is 0 Å². The van der Waals surface area contributed by atoms with Crippen molar-refractivity contribution in [3.8, 4) is 0 Å². The van der Waals surface area contributed by atoms with Crippen LogP contribution in [-0.4, -0.2) is 28.5 Å². The molecule has 4 rings (SSSR count). The predicted molar refractivity (Wildman–Crippen MR) is 96.7 cm³/mol. The summed E-state index contributed by atoms with van der Waals surface area (Å²) >= 11 is 0. The lowest BCUT2D eigenvalue weighted by molar-refractivity contribution is 0.0588. The second-order valence-electron chi connectivity index (χ2n) is 6.17. The summed E-state index contributed by atoms with van der Waals surface area (Å²) in [6.07, 6.45) is 3.65. The van der Waals surface area contributed by atoms with Crippen LogP contribution in [-0.2, 0) is 11.3 Å². The Morgan fingerprint density at radius 2 is 1.69 bits per heavy atom. The van der Waals surface area contributed by atoms with Crippen molar-refractivity contribution in [1.29, 1.82) is 0 Å². The zero-order valence-electron chi connectivity index (χ0n) is 14.3. The van der Waals surface area contributed by atoms with Gasteiger partial charge in [0.2, 0.25) is 0 Å². The number of benzene rings is 2. The number of rotatable bonds is 4. The van der Waals surface area contributed by atoms with Crippen LogP contribution < -0.4 is 0 Å². The fourth-order valence-corrected chi connectivity index (χ4v) is 3.49. The van der Waals surface area contributed by atoms with Crippen LogP contribution >= 0.6 is 0 Å². The highest BCUT2D eigenvalue weighted by atomic mass is 16.5. The number of aromatic nitrogens is 1. The number of hydrogen-bond acceptors (Lipinski definition) is 3. The van der Waals surface area contributed by atoms with Crippen molar-refractivity contribution >= 4 is 11.9 Å². The van der Waals surface area contributed by atoms with Crippen LogP contribution in [0, 0.1) is 0 Å². The van der Waals surface area contributed by atoms with E-state index in [4.69, 9.17) is 4.74 Å². The topological polar surface area (TPSA) is 51.5 Å². The van der Waals surface area contributed by atoms with Gasteiger partial charge in [0.05, 0.1) is 12.7 Å². The molecule has 5 heteroatoms. The van der Waals surface area contributed by atoms with Gasteiger partial charge in [-0.1, -0.05) is 36.4 Å². The molecule has 26 heavy (non-hydrogen) atoms. The molecule has 3 aromatic rings. The number of carbonyl (C=O) groups is 2. The van der Waals surface area contributed by atoms with Crippen molar-refractivity contribution in [2.24, 2.45) is 0 Å². The molecule has 0 saturated carbocycles. The maximum Gasteiger partial charge on any atom is 0.338 e. The Morgan fingerprint density at radius 3 is 2.46 bits per heavy atom. The largest absolute Gasteiger partial charge is 0.465 e. The van der Waals surface area contributed by atoms with Crippen LogP contribution in [0.2, 0.25) is 0 Å². The molecule has 1 aromatic heterocycles. The number of carbonyl (C=O) groups excluding carboxylic acids is 2. The van der Waals surface area contributed by atoms with Gasteiger partial charge in [-0.3, -0.25) is 4.79 Å². The summed E-state index contributed by atoms with van der Waals surface area (Å²) in [4.78, 5) is 26.9. The molecule has 0 radical (unpaired) electrons. The normalized spacial score (nSPS) is 15.8. The predicted octanol–water partition coefficient (Wildman–Crippen LogP) is 3.48. The highest BCUT2D eigenvalue weighted by molar-refractivity contribution is 5.99. The van der Waals surface area contributed by atoms with Gasteiger partial charge in [-0.25, -0.2) is 4.79 Å². The zero-order valence-corrected chi connectivity index (χ0v) is 14.3. The van der Waals surface area contributed by atoms with Gasteiger partial charge in [-0.2, -0.15) is 0 Å². The molecule has 1 unspecified atom stereocenters. The van der Waals surface area contributed by atoms with E-state index in [0.29, 0.717) is 17.7 Å². The van der Waals surface area contributed by atoms with Crippen LogP contribution in [0.15, 0.2) is 73.1 Å². The molecule has 5 nitrogen and oxygen atoms in total. The summed E-state index contributed by atoms with van der Waals surface area (Å²) in [5.74, 6) is -0.443. The molecule has 0 bridgehead atoms. The molecule has 2 heterocycles. The maximum absolute atomic E-state index is 13.1. The van der Waals surface area contributed by atoms with Gasteiger partial charge in [0.15, 0.2) is 0 Å². The van der Waals surface area contributed by atoms with Crippen LogP contribution in [0.1, 0.15) is 38.0 Å². The van der Waals surface area contributed by atoms with E-state index in [1.54, 1.807) is 17.0 Å². The molecule has 1 aliphatic heterocycles. The van der Waals surface area contributed by atoms with Crippen molar-refractivity contribution in [2.75, 3.05) is 7.11 Å². The molecule has 1 atom stereocenters. The molecule has 0 fully saturated rings. The van der Waals surface area contributed by atoms with E-state index in [0.717, 1.165) is 11.1 Å². The SMILES string of the molecule is COC(=O)c1ccccc1CN1C(=O)c2ccccc2C1n1cccc1. The van der Waals surface area contributed by atoms with Crippen molar-refractivity contribution in [3.63, 3.8) is 0 Å². The first-order chi connectivity index (χ1) is 12.7. The Morgan fingerprint density at radius 1 is 1.00 bits per heavy atom. The molecule has 0 saturated heterocycles. The lowest BCUT2D eigenvalue weighted by atomic mass is 10.1. The van der Waals surface area contributed by atoms with Gasteiger partial charge < -0.3 is 14.2 Å². The number of ether oxygens (including phenoxy) is 1. The van der Waals surface area contributed by atoms with Gasteiger partial charge in [0.25, 0.3) is 5.91 Å². The molecular formula is C21H18N2O3. The van der Waals surface area contributed by atoms with Gasteiger partial charge in [0, 0.05) is 30.1 Å². The van der Waals surface area contributed by atoms with Crippen LogP contribution in [0.3, 0.4) is 0 Å². The van der Waals surface area contributed by atoms with Crippen LogP contribution in [0.5, 0.6) is 0 Å². The third-order valence-electron chi connectivity index (χ3n) is 4.70. The Balaban J connectivity index is 1.77. The molecular weight excluding hydrogens is 328 g/mol. The van der Waals surface area contributed by atoms with Gasteiger partial charge in [0.1, 0.15) is 6.17 Å². The lowest BCUT2D eigenvalue weighted by Gasteiger charge is -2.27. The fraction of sp³-hybridized carbons (Fsp3) is 0.143. The Hall–Kier alpha value is -3.34. The van der Waals surface area contributed by atoms with E-state index < -0.39 is 5.97 Å². The summed E-state index contributed by atoms with van der Waals surface area (Å²) in [6.45, 7) is 0.321. The standard InChI is InChI=1S/C21H18N2O3/c1-26-21(25)16-9-3-2-8-15(16)14-23-19(22-12-6-7-13-22)17-10-4-5-11-18(17)20(23)24/h2-13,19H,14H2,1H3. The second-order valence-corrected chi connectivity index (χ2v) is 6.17. The monoisotopic (exact) mass is 346 g/mol. The third-order valence-corrected chi connectivity index (χ3v) is 4.70. The highest BCUT2D eigenvalue weighted by Crippen LogP contribution is 2.36.